The summed E-state index contributed by atoms with van der Waals surface area (Å²) in [6.07, 6.45) is -4.61. The lowest BCUT2D eigenvalue weighted by atomic mass is 10.0. The van der Waals surface area contributed by atoms with Gasteiger partial charge in [-0.15, -0.1) is 0 Å². The number of carbonyl (C=O) groups excluding carboxylic acids is 1. The molecular formula is C9H6BrF3O. The summed E-state index contributed by atoms with van der Waals surface area (Å²) in [6, 6.07) is 5.49. The fourth-order valence-corrected chi connectivity index (χ4v) is 1.28. The van der Waals surface area contributed by atoms with Crippen LogP contribution in [0.1, 0.15) is 11.5 Å². The third-order valence-electron chi connectivity index (χ3n) is 1.72. The summed E-state index contributed by atoms with van der Waals surface area (Å²) in [5.74, 6) is -2.03. The van der Waals surface area contributed by atoms with E-state index in [4.69, 9.17) is 0 Å². The van der Waals surface area contributed by atoms with E-state index in [0.29, 0.717) is 4.47 Å². The molecule has 0 aliphatic carbocycles. The SMILES string of the molecule is O=CC(c1ccc(Br)cc1)C(F)(F)F. The molecule has 0 N–H and O–H groups in total. The van der Waals surface area contributed by atoms with Gasteiger partial charge in [-0.3, -0.25) is 0 Å². The zero-order valence-corrected chi connectivity index (χ0v) is 8.47. The van der Waals surface area contributed by atoms with Crippen molar-refractivity contribution in [2.24, 2.45) is 0 Å². The summed E-state index contributed by atoms with van der Waals surface area (Å²) >= 11 is 3.10. The van der Waals surface area contributed by atoms with Crippen LogP contribution in [0.25, 0.3) is 0 Å². The smallest absolute Gasteiger partial charge is 0.302 e. The normalized spacial score (nSPS) is 13.7. The first-order chi connectivity index (χ1) is 6.45. The Morgan fingerprint density at radius 2 is 1.71 bits per heavy atom. The fourth-order valence-electron chi connectivity index (χ4n) is 1.01. The Morgan fingerprint density at radius 1 is 1.21 bits per heavy atom. The molecule has 0 spiro atoms. The number of hydrogen-bond donors (Lipinski definition) is 0. The number of alkyl halides is 3. The molecule has 76 valence electrons. The van der Waals surface area contributed by atoms with E-state index in [1.54, 1.807) is 0 Å². The van der Waals surface area contributed by atoms with Crippen molar-refractivity contribution in [2.45, 2.75) is 12.1 Å². The van der Waals surface area contributed by atoms with Crippen molar-refractivity contribution in [3.63, 3.8) is 0 Å². The van der Waals surface area contributed by atoms with Gasteiger partial charge in [0.2, 0.25) is 0 Å². The van der Waals surface area contributed by atoms with Crippen LogP contribution in [-0.4, -0.2) is 12.5 Å². The first-order valence-electron chi connectivity index (χ1n) is 3.72. The molecule has 0 saturated carbocycles. The van der Waals surface area contributed by atoms with Gasteiger partial charge in [0.05, 0.1) is 0 Å². The van der Waals surface area contributed by atoms with Crippen molar-refractivity contribution in [3.05, 3.63) is 34.3 Å². The highest BCUT2D eigenvalue weighted by molar-refractivity contribution is 9.10. The maximum absolute atomic E-state index is 12.3. The molecule has 1 unspecified atom stereocenters. The van der Waals surface area contributed by atoms with Crippen LogP contribution >= 0.6 is 15.9 Å². The molecule has 0 saturated heterocycles. The Labute approximate surface area is 87.1 Å². The van der Waals surface area contributed by atoms with Crippen molar-refractivity contribution >= 4 is 22.2 Å². The molecular weight excluding hydrogens is 261 g/mol. The Balaban J connectivity index is 3.02. The van der Waals surface area contributed by atoms with Crippen LogP contribution in [0.5, 0.6) is 0 Å². The van der Waals surface area contributed by atoms with E-state index >= 15 is 0 Å². The quantitative estimate of drug-likeness (QED) is 0.751. The molecule has 0 bridgehead atoms. The second kappa shape index (κ2) is 4.13. The molecule has 0 aliphatic heterocycles. The van der Waals surface area contributed by atoms with Gasteiger partial charge in [0, 0.05) is 4.47 Å². The van der Waals surface area contributed by atoms with Crippen LogP contribution in [0.3, 0.4) is 0 Å². The van der Waals surface area contributed by atoms with Gasteiger partial charge in [-0.05, 0) is 17.7 Å². The Hall–Kier alpha value is -0.840. The van der Waals surface area contributed by atoms with Gasteiger partial charge < -0.3 is 4.79 Å². The summed E-state index contributed by atoms with van der Waals surface area (Å²) in [5.41, 5.74) is -0.0456. The molecule has 5 heteroatoms. The summed E-state index contributed by atoms with van der Waals surface area (Å²) in [4.78, 5) is 10.3. The van der Waals surface area contributed by atoms with Crippen molar-refractivity contribution in [1.29, 1.82) is 0 Å². The van der Waals surface area contributed by atoms with Gasteiger partial charge in [-0.1, -0.05) is 28.1 Å². The number of carbonyl (C=O) groups is 1. The summed E-state index contributed by atoms with van der Waals surface area (Å²) in [7, 11) is 0. The van der Waals surface area contributed by atoms with Crippen molar-refractivity contribution in [1.82, 2.24) is 0 Å². The van der Waals surface area contributed by atoms with Crippen LogP contribution in [-0.2, 0) is 4.79 Å². The predicted molar refractivity (Wildman–Crippen MR) is 49.0 cm³/mol. The third-order valence-corrected chi connectivity index (χ3v) is 2.25. The number of aldehydes is 1. The highest BCUT2D eigenvalue weighted by atomic mass is 79.9. The minimum Gasteiger partial charge on any atom is -0.302 e. The van der Waals surface area contributed by atoms with Crippen molar-refractivity contribution < 1.29 is 18.0 Å². The first-order valence-corrected chi connectivity index (χ1v) is 4.52. The Morgan fingerprint density at radius 3 is 2.07 bits per heavy atom. The summed E-state index contributed by atoms with van der Waals surface area (Å²) in [5, 5.41) is 0. The number of benzene rings is 1. The minimum atomic E-state index is -4.52. The van der Waals surface area contributed by atoms with Crippen LogP contribution in [0.15, 0.2) is 28.7 Å². The van der Waals surface area contributed by atoms with E-state index in [0.717, 1.165) is 0 Å². The Kier molecular flexibility index (Phi) is 3.31. The molecule has 0 aliphatic rings. The average Bonchev–Trinajstić information content (AvgIpc) is 2.07. The summed E-state index contributed by atoms with van der Waals surface area (Å²) in [6.45, 7) is 0. The van der Waals surface area contributed by atoms with Crippen LogP contribution in [0, 0.1) is 0 Å². The summed E-state index contributed by atoms with van der Waals surface area (Å²) < 4.78 is 37.5. The topological polar surface area (TPSA) is 17.1 Å². The molecule has 1 aromatic carbocycles. The zero-order valence-electron chi connectivity index (χ0n) is 6.88. The van der Waals surface area contributed by atoms with Crippen LogP contribution in [0.4, 0.5) is 13.2 Å². The maximum Gasteiger partial charge on any atom is 0.402 e. The highest BCUT2D eigenvalue weighted by Crippen LogP contribution is 2.33. The van der Waals surface area contributed by atoms with E-state index in [1.807, 2.05) is 0 Å². The average molecular weight is 267 g/mol. The lowest BCUT2D eigenvalue weighted by Gasteiger charge is -2.14. The number of rotatable bonds is 2. The molecule has 0 aromatic heterocycles. The number of hydrogen-bond acceptors (Lipinski definition) is 1. The van der Waals surface area contributed by atoms with Crippen LogP contribution in [0.2, 0.25) is 0 Å². The first kappa shape index (κ1) is 11.2. The molecule has 0 fully saturated rings. The second-order valence-corrected chi connectivity index (χ2v) is 3.62. The minimum absolute atomic E-state index is 0.0456. The molecule has 1 atom stereocenters. The van der Waals surface area contributed by atoms with E-state index in [1.165, 1.54) is 24.3 Å². The molecule has 0 heterocycles. The second-order valence-electron chi connectivity index (χ2n) is 2.71. The monoisotopic (exact) mass is 266 g/mol. The molecule has 0 amide bonds. The van der Waals surface area contributed by atoms with E-state index in [9.17, 15) is 18.0 Å². The van der Waals surface area contributed by atoms with E-state index in [-0.39, 0.29) is 11.8 Å². The molecule has 1 rings (SSSR count). The van der Waals surface area contributed by atoms with Gasteiger partial charge >= 0.3 is 6.18 Å². The van der Waals surface area contributed by atoms with Crippen LogP contribution < -0.4 is 0 Å². The largest absolute Gasteiger partial charge is 0.402 e. The van der Waals surface area contributed by atoms with E-state index < -0.39 is 12.1 Å². The molecule has 0 radical (unpaired) electrons. The Bertz CT molecular complexity index is 318. The maximum atomic E-state index is 12.3. The van der Waals surface area contributed by atoms with Gasteiger partial charge in [-0.25, -0.2) is 0 Å². The molecule has 14 heavy (non-hydrogen) atoms. The van der Waals surface area contributed by atoms with Crippen molar-refractivity contribution in [3.8, 4) is 0 Å². The van der Waals surface area contributed by atoms with Gasteiger partial charge in [0.1, 0.15) is 12.2 Å². The van der Waals surface area contributed by atoms with E-state index in [2.05, 4.69) is 15.9 Å². The lowest BCUT2D eigenvalue weighted by molar-refractivity contribution is -0.155. The standard InChI is InChI=1S/C9H6BrF3O/c10-7-3-1-6(2-4-7)8(5-14)9(11,12)13/h1-5,8H. The fraction of sp³-hybridized carbons (Fsp3) is 0.222. The van der Waals surface area contributed by atoms with Gasteiger partial charge in [-0.2, -0.15) is 13.2 Å². The zero-order chi connectivity index (χ0) is 10.8. The third kappa shape index (κ3) is 2.57. The molecule has 1 nitrogen and oxygen atoms in total. The van der Waals surface area contributed by atoms with Crippen molar-refractivity contribution in [2.75, 3.05) is 0 Å². The predicted octanol–water partition coefficient (Wildman–Crippen LogP) is 3.29. The molecule has 1 aromatic rings. The number of halogens is 4. The van der Waals surface area contributed by atoms with Gasteiger partial charge in [0.25, 0.3) is 0 Å². The highest BCUT2D eigenvalue weighted by Gasteiger charge is 2.40. The lowest BCUT2D eigenvalue weighted by Crippen LogP contribution is -2.21. The van der Waals surface area contributed by atoms with Gasteiger partial charge in [0.15, 0.2) is 0 Å².